The first-order valence-electron chi connectivity index (χ1n) is 2.78. The van der Waals surface area contributed by atoms with Crippen molar-refractivity contribution in [3.8, 4) is 0 Å². The van der Waals surface area contributed by atoms with Gasteiger partial charge in [-0.2, -0.15) is 0 Å². The number of aliphatic hydroxyl groups excluding tert-OH is 2. The Morgan fingerprint density at radius 2 is 0.737 bits per heavy atom. The average molecular weight is 422 g/mol. The normalized spacial score (nSPS) is 5.37. The first-order chi connectivity index (χ1) is 7.11. The number of hydrogen-bond donors (Lipinski definition) is 3. The Balaban J connectivity index is -0.0000000192. The van der Waals surface area contributed by atoms with Gasteiger partial charge >= 0.3 is 35.6 Å². The van der Waals surface area contributed by atoms with Crippen molar-refractivity contribution in [2.24, 2.45) is 0 Å². The molecule has 0 spiro atoms. The molecular formula is C2H11LaN4O12. The van der Waals surface area contributed by atoms with Crippen LogP contribution in [0.5, 0.6) is 0 Å². The van der Waals surface area contributed by atoms with Crippen LogP contribution in [0.2, 0.25) is 0 Å². The Hall–Kier alpha value is -1.37. The van der Waals surface area contributed by atoms with Gasteiger partial charge in [-0.15, -0.1) is 0 Å². The molecule has 0 saturated carbocycles. The van der Waals surface area contributed by atoms with Gasteiger partial charge in [-0.1, -0.05) is 0 Å². The zero-order valence-corrected chi connectivity index (χ0v) is 12.7. The topological polar surface area (TPSA) is 306 Å². The molecule has 17 heteroatoms. The van der Waals surface area contributed by atoms with Crippen LogP contribution < -0.4 is 6.15 Å². The fourth-order valence-corrected chi connectivity index (χ4v) is 0. The molecule has 0 aliphatic heterocycles. The SMILES string of the molecule is N.O.O=[N+]([O-])[O-].O=[N+]([O-])[O-].O=[N+]([O-])[O-].OCCO.[La+3]. The van der Waals surface area contributed by atoms with Crippen molar-refractivity contribution < 1.29 is 66.5 Å². The maximum Gasteiger partial charge on any atom is 3.00 e. The van der Waals surface area contributed by atoms with Gasteiger partial charge in [0.25, 0.3) is 0 Å². The number of hydrogen-bond acceptors (Lipinski definition) is 12. The molecule has 0 aliphatic rings. The molecule has 0 aromatic carbocycles. The monoisotopic (exact) mass is 422 g/mol. The molecule has 0 fully saturated rings. The number of aliphatic hydroxyl groups is 2. The van der Waals surface area contributed by atoms with Gasteiger partial charge in [0.1, 0.15) is 0 Å². The number of rotatable bonds is 1. The van der Waals surface area contributed by atoms with E-state index in [4.69, 9.17) is 56.2 Å². The second-order valence-electron chi connectivity index (χ2n) is 1.12. The fraction of sp³-hybridized carbons (Fsp3) is 1.00. The van der Waals surface area contributed by atoms with Gasteiger partial charge in [-0.3, -0.25) is 0 Å². The summed E-state index contributed by atoms with van der Waals surface area (Å²) < 4.78 is 0. The van der Waals surface area contributed by atoms with Crippen molar-refractivity contribution in [3.05, 3.63) is 46.0 Å². The second-order valence-corrected chi connectivity index (χ2v) is 1.12. The molecule has 0 bridgehead atoms. The standard InChI is InChI=1S/C2H6O2.La.3NO3.H3N.H2O/c3-1-2-4;;3*2-1(3)4;;/h3-4H,1-2H2;;;;;1H3;1H2/q;+3;3*-1;;. The average Bonchev–Trinajstić information content (AvgIpc) is 2.00. The molecule has 0 aromatic heterocycles. The van der Waals surface area contributed by atoms with Gasteiger partial charge in [-0.25, -0.2) is 0 Å². The minimum atomic E-state index is -1.75. The Bertz CT molecular complexity index is 146. The van der Waals surface area contributed by atoms with Crippen molar-refractivity contribution in [2.75, 3.05) is 13.2 Å². The van der Waals surface area contributed by atoms with E-state index in [1.165, 1.54) is 0 Å². The largest absolute Gasteiger partial charge is 3.00 e. The minimum absolute atomic E-state index is 0. The van der Waals surface area contributed by atoms with Crippen molar-refractivity contribution in [2.45, 2.75) is 0 Å². The third-order valence-electron chi connectivity index (χ3n) is 0.1000. The third-order valence-corrected chi connectivity index (χ3v) is 0.1000. The molecule has 0 amide bonds. The molecule has 0 unspecified atom stereocenters. The van der Waals surface area contributed by atoms with Gasteiger partial charge in [0.2, 0.25) is 0 Å². The van der Waals surface area contributed by atoms with E-state index in [1.54, 1.807) is 0 Å². The van der Waals surface area contributed by atoms with Gasteiger partial charge in [0, 0.05) is 0 Å². The van der Waals surface area contributed by atoms with Crippen LogP contribution >= 0.6 is 0 Å². The molecule has 0 heterocycles. The van der Waals surface area contributed by atoms with Crippen LogP contribution in [-0.2, 0) is 0 Å². The molecular weight excluding hydrogens is 411 g/mol. The van der Waals surface area contributed by atoms with E-state index in [1.807, 2.05) is 0 Å². The predicted molar refractivity (Wildman–Crippen MR) is 53.9 cm³/mol. The third kappa shape index (κ3) is 26700. The molecule has 0 rings (SSSR count). The van der Waals surface area contributed by atoms with Crippen molar-refractivity contribution in [3.63, 3.8) is 0 Å². The van der Waals surface area contributed by atoms with Crippen LogP contribution in [-0.4, -0.2) is 44.2 Å². The Kier molecular flexibility index (Phi) is 99.5. The van der Waals surface area contributed by atoms with E-state index in [0.29, 0.717) is 0 Å². The molecule has 0 radical (unpaired) electrons. The summed E-state index contributed by atoms with van der Waals surface area (Å²) in [5.41, 5.74) is 0. The summed E-state index contributed by atoms with van der Waals surface area (Å²) in [7, 11) is 0. The van der Waals surface area contributed by atoms with E-state index in [9.17, 15) is 0 Å². The molecule has 0 atom stereocenters. The van der Waals surface area contributed by atoms with Crippen LogP contribution in [0.3, 0.4) is 0 Å². The van der Waals surface area contributed by atoms with Gasteiger partial charge < -0.3 is 67.8 Å². The van der Waals surface area contributed by atoms with Crippen LogP contribution in [0.4, 0.5) is 0 Å². The summed E-state index contributed by atoms with van der Waals surface area (Å²) in [6, 6.07) is 0. The van der Waals surface area contributed by atoms with Crippen molar-refractivity contribution in [1.82, 2.24) is 6.15 Å². The van der Waals surface area contributed by atoms with Crippen molar-refractivity contribution >= 4 is 0 Å². The zero-order chi connectivity index (χ0) is 14.1. The van der Waals surface area contributed by atoms with Gasteiger partial charge in [-0.05, 0) is 0 Å². The van der Waals surface area contributed by atoms with E-state index in [-0.39, 0.29) is 60.4 Å². The minimum Gasteiger partial charge on any atom is -0.412 e. The van der Waals surface area contributed by atoms with Crippen LogP contribution in [0.15, 0.2) is 0 Å². The molecule has 114 valence electrons. The molecule has 16 nitrogen and oxygen atoms in total. The number of nitrogens with zero attached hydrogens (tertiary/aromatic N) is 3. The first kappa shape index (κ1) is 43.1. The first-order valence-corrected chi connectivity index (χ1v) is 2.78. The van der Waals surface area contributed by atoms with Crippen LogP contribution in [0.1, 0.15) is 0 Å². The maximum atomic E-state index is 8.25. The molecule has 0 aromatic rings. The van der Waals surface area contributed by atoms with E-state index in [2.05, 4.69) is 0 Å². The quantitative estimate of drug-likeness (QED) is 0.294. The Morgan fingerprint density at radius 1 is 0.684 bits per heavy atom. The summed E-state index contributed by atoms with van der Waals surface area (Å²) in [6.45, 7) is -0.250. The van der Waals surface area contributed by atoms with Gasteiger partial charge in [0.05, 0.1) is 28.5 Å². The smallest absolute Gasteiger partial charge is 0.412 e. The molecule has 0 aliphatic carbocycles. The summed E-state index contributed by atoms with van der Waals surface area (Å²) in [4.78, 5) is 24.8. The summed E-state index contributed by atoms with van der Waals surface area (Å²) in [5.74, 6) is 0. The van der Waals surface area contributed by atoms with E-state index < -0.39 is 15.3 Å². The van der Waals surface area contributed by atoms with E-state index in [0.717, 1.165) is 0 Å². The molecule has 7 N–H and O–H groups in total. The van der Waals surface area contributed by atoms with E-state index >= 15 is 0 Å². The summed E-state index contributed by atoms with van der Waals surface area (Å²) >= 11 is 0. The second kappa shape index (κ2) is 43.8. The zero-order valence-electron chi connectivity index (χ0n) is 9.11. The fourth-order valence-electron chi connectivity index (χ4n) is 0. The van der Waals surface area contributed by atoms with Crippen LogP contribution in [0.25, 0.3) is 0 Å². The molecule has 0 saturated heterocycles. The Morgan fingerprint density at radius 3 is 0.737 bits per heavy atom. The summed E-state index contributed by atoms with van der Waals surface area (Å²) in [5, 5.41) is 59.5. The Labute approximate surface area is 132 Å². The van der Waals surface area contributed by atoms with Gasteiger partial charge in [0.15, 0.2) is 0 Å². The maximum absolute atomic E-state index is 8.25. The van der Waals surface area contributed by atoms with Crippen LogP contribution in [0, 0.1) is 81.6 Å². The predicted octanol–water partition coefficient (Wildman–Crippen LogP) is -2.41. The molecule has 19 heavy (non-hydrogen) atoms. The van der Waals surface area contributed by atoms with Crippen molar-refractivity contribution in [1.29, 1.82) is 0 Å². The summed E-state index contributed by atoms with van der Waals surface area (Å²) in [6.07, 6.45) is 0.